The van der Waals surface area contributed by atoms with Crippen molar-refractivity contribution in [2.24, 2.45) is 0 Å². The van der Waals surface area contributed by atoms with Gasteiger partial charge in [0.1, 0.15) is 15.7 Å². The van der Waals surface area contributed by atoms with Gasteiger partial charge in [-0.05, 0) is 36.8 Å². The Bertz CT molecular complexity index is 1210. The van der Waals surface area contributed by atoms with Gasteiger partial charge < -0.3 is 14.8 Å². The van der Waals surface area contributed by atoms with Crippen molar-refractivity contribution < 1.29 is 32.3 Å². The van der Waals surface area contributed by atoms with Crippen LogP contribution in [0.5, 0.6) is 11.5 Å². The Morgan fingerprint density at radius 3 is 2.48 bits per heavy atom. The molecule has 0 aliphatic carbocycles. The van der Waals surface area contributed by atoms with Crippen molar-refractivity contribution in [2.45, 2.75) is 13.0 Å². The molecule has 1 atom stereocenters. The van der Waals surface area contributed by atoms with Gasteiger partial charge in [0.05, 0.1) is 42.3 Å². The zero-order valence-corrected chi connectivity index (χ0v) is 19.8. The minimum Gasteiger partial charge on any atom is -0.493 e. The van der Waals surface area contributed by atoms with Crippen LogP contribution in [-0.2, 0) is 14.6 Å². The van der Waals surface area contributed by atoms with Crippen LogP contribution in [0.3, 0.4) is 0 Å². The van der Waals surface area contributed by atoms with Gasteiger partial charge in [-0.1, -0.05) is 12.1 Å². The number of nitrogens with one attached hydrogen (secondary N) is 1. The highest BCUT2D eigenvalue weighted by molar-refractivity contribution is 7.90. The number of benzene rings is 2. The number of amides is 3. The van der Waals surface area contributed by atoms with Crippen LogP contribution in [0.1, 0.15) is 39.2 Å². The number of sulfone groups is 1. The molecule has 0 unspecified atom stereocenters. The minimum atomic E-state index is -3.62. The molecule has 0 fully saturated rings. The fraction of sp³-hybridized carbons (Fsp3) is 0.318. The summed E-state index contributed by atoms with van der Waals surface area (Å²) in [6.07, 6.45) is 1.03. The molecule has 1 aliphatic heterocycles. The van der Waals surface area contributed by atoms with Gasteiger partial charge in [0.25, 0.3) is 11.8 Å². The van der Waals surface area contributed by atoms with Crippen molar-refractivity contribution in [1.82, 2.24) is 4.90 Å². The Labute approximate surface area is 196 Å². The smallest absolute Gasteiger partial charge is 0.264 e. The first-order valence-electron chi connectivity index (χ1n) is 9.96. The average molecular weight is 495 g/mol. The second-order valence-electron chi connectivity index (χ2n) is 7.34. The molecule has 3 rings (SSSR count). The SMILES string of the molecule is CCOc1cc([C@H](CS(C)(=O)=O)N2C(=O)c3cccc(NC(=O)CCl)c3C2=O)ccc1OC. The van der Waals surface area contributed by atoms with Gasteiger partial charge in [-0.25, -0.2) is 8.42 Å². The van der Waals surface area contributed by atoms with Gasteiger partial charge in [0, 0.05) is 6.26 Å². The Morgan fingerprint density at radius 1 is 1.15 bits per heavy atom. The van der Waals surface area contributed by atoms with Crippen molar-refractivity contribution in [1.29, 1.82) is 0 Å². The summed E-state index contributed by atoms with van der Waals surface area (Å²) < 4.78 is 35.4. The molecule has 3 amide bonds. The third kappa shape index (κ3) is 5.12. The van der Waals surface area contributed by atoms with Gasteiger partial charge in [0.15, 0.2) is 11.5 Å². The number of carbonyl (C=O) groups is 3. The van der Waals surface area contributed by atoms with E-state index in [4.69, 9.17) is 21.1 Å². The van der Waals surface area contributed by atoms with Crippen LogP contribution in [-0.4, -0.2) is 62.6 Å². The van der Waals surface area contributed by atoms with Crippen molar-refractivity contribution in [3.8, 4) is 11.5 Å². The van der Waals surface area contributed by atoms with Gasteiger partial charge in [-0.15, -0.1) is 11.6 Å². The second kappa shape index (κ2) is 9.80. The highest BCUT2D eigenvalue weighted by Gasteiger charge is 2.43. The van der Waals surface area contributed by atoms with Gasteiger partial charge >= 0.3 is 0 Å². The summed E-state index contributed by atoms with van der Waals surface area (Å²) in [4.78, 5) is 39.4. The first-order valence-corrected chi connectivity index (χ1v) is 12.6. The molecule has 0 radical (unpaired) electrons. The lowest BCUT2D eigenvalue weighted by molar-refractivity contribution is -0.113. The summed E-state index contributed by atoms with van der Waals surface area (Å²) in [6.45, 7) is 2.11. The standard InChI is InChI=1S/C22H23ClN2O7S/c1-4-32-18-10-13(8-9-17(18)31-2)16(12-33(3,29)30)25-21(27)14-6-5-7-15(20(14)22(25)28)24-19(26)11-23/h5-10,16H,4,11-12H2,1-3H3,(H,24,26)/t16-/m0/s1. The van der Waals surface area contributed by atoms with E-state index >= 15 is 0 Å². The molecule has 2 aromatic rings. The first kappa shape index (κ1) is 24.5. The summed E-state index contributed by atoms with van der Waals surface area (Å²) in [6, 6.07) is 8.03. The van der Waals surface area contributed by atoms with Crippen LogP contribution in [0.2, 0.25) is 0 Å². The molecule has 0 aromatic heterocycles. The summed E-state index contributed by atoms with van der Waals surface area (Å²) in [5.41, 5.74) is 0.551. The molecule has 1 heterocycles. The van der Waals surface area contributed by atoms with E-state index in [2.05, 4.69) is 5.32 Å². The number of anilines is 1. The molecule has 2 aromatic carbocycles. The first-order chi connectivity index (χ1) is 15.6. The Morgan fingerprint density at radius 2 is 1.88 bits per heavy atom. The molecule has 0 spiro atoms. The van der Waals surface area contributed by atoms with E-state index < -0.39 is 39.4 Å². The van der Waals surface area contributed by atoms with E-state index in [1.807, 2.05) is 0 Å². The summed E-state index contributed by atoms with van der Waals surface area (Å²) in [7, 11) is -2.16. The van der Waals surface area contributed by atoms with Crippen LogP contribution in [0.25, 0.3) is 0 Å². The monoisotopic (exact) mass is 494 g/mol. The lowest BCUT2D eigenvalue weighted by Gasteiger charge is -2.27. The number of ether oxygens (including phenoxy) is 2. The number of alkyl halides is 1. The maximum Gasteiger partial charge on any atom is 0.264 e. The molecular formula is C22H23ClN2O7S. The highest BCUT2D eigenvalue weighted by atomic mass is 35.5. The number of halogens is 1. The van der Waals surface area contributed by atoms with Crippen LogP contribution in [0.4, 0.5) is 5.69 Å². The van der Waals surface area contributed by atoms with Crippen molar-refractivity contribution in [2.75, 3.05) is 36.9 Å². The Balaban J connectivity index is 2.12. The maximum atomic E-state index is 13.4. The lowest BCUT2D eigenvalue weighted by Crippen LogP contribution is -2.37. The summed E-state index contributed by atoms with van der Waals surface area (Å²) in [5.74, 6) is -2.00. The normalized spacial score (nSPS) is 14.1. The fourth-order valence-corrected chi connectivity index (χ4v) is 4.63. The number of nitrogens with zero attached hydrogens (tertiary/aromatic N) is 1. The number of imide groups is 1. The number of fused-ring (bicyclic) bond motifs is 1. The van der Waals surface area contributed by atoms with Gasteiger partial charge in [-0.2, -0.15) is 0 Å². The predicted molar refractivity (Wildman–Crippen MR) is 123 cm³/mol. The van der Waals surface area contributed by atoms with Crippen LogP contribution >= 0.6 is 11.6 Å². The summed E-state index contributed by atoms with van der Waals surface area (Å²) in [5, 5.41) is 2.51. The lowest BCUT2D eigenvalue weighted by atomic mass is 10.1. The Hall–Kier alpha value is -3.11. The molecule has 1 aliphatic rings. The average Bonchev–Trinajstić information content (AvgIpc) is 3.02. The largest absolute Gasteiger partial charge is 0.493 e. The van der Waals surface area contributed by atoms with Gasteiger partial charge in [0.2, 0.25) is 5.91 Å². The molecule has 33 heavy (non-hydrogen) atoms. The molecule has 176 valence electrons. The maximum absolute atomic E-state index is 13.4. The highest BCUT2D eigenvalue weighted by Crippen LogP contribution is 2.38. The van der Waals surface area contributed by atoms with Gasteiger partial charge in [-0.3, -0.25) is 19.3 Å². The van der Waals surface area contributed by atoms with Crippen LogP contribution < -0.4 is 14.8 Å². The molecule has 9 nitrogen and oxygen atoms in total. The van der Waals surface area contributed by atoms with Crippen molar-refractivity contribution in [3.05, 3.63) is 53.1 Å². The van der Waals surface area contributed by atoms with Crippen LogP contribution in [0.15, 0.2) is 36.4 Å². The van der Waals surface area contributed by atoms with Crippen LogP contribution in [0, 0.1) is 0 Å². The molecule has 0 bridgehead atoms. The number of hydrogen-bond acceptors (Lipinski definition) is 7. The van der Waals surface area contributed by atoms with E-state index in [0.717, 1.165) is 11.2 Å². The molecule has 0 saturated heterocycles. The third-order valence-electron chi connectivity index (χ3n) is 4.99. The van der Waals surface area contributed by atoms with E-state index in [0.29, 0.717) is 23.7 Å². The fourth-order valence-electron chi connectivity index (χ4n) is 3.65. The van der Waals surface area contributed by atoms with E-state index in [9.17, 15) is 22.8 Å². The minimum absolute atomic E-state index is 0.0157. The molecular weight excluding hydrogens is 472 g/mol. The topological polar surface area (TPSA) is 119 Å². The number of carbonyl (C=O) groups excluding carboxylic acids is 3. The zero-order valence-electron chi connectivity index (χ0n) is 18.3. The quantitative estimate of drug-likeness (QED) is 0.420. The Kier molecular flexibility index (Phi) is 7.28. The number of hydrogen-bond donors (Lipinski definition) is 1. The number of methoxy groups -OCH3 is 1. The van der Waals surface area contributed by atoms with E-state index in [-0.39, 0.29) is 22.7 Å². The molecule has 1 N–H and O–H groups in total. The summed E-state index contributed by atoms with van der Waals surface area (Å²) >= 11 is 5.55. The van der Waals surface area contributed by atoms with Crippen molar-refractivity contribution >= 4 is 44.8 Å². The second-order valence-corrected chi connectivity index (χ2v) is 9.79. The van der Waals surface area contributed by atoms with E-state index in [1.54, 1.807) is 25.1 Å². The number of rotatable bonds is 9. The van der Waals surface area contributed by atoms with E-state index in [1.165, 1.54) is 25.3 Å². The molecule has 11 heteroatoms. The molecule has 0 saturated carbocycles. The predicted octanol–water partition coefficient (Wildman–Crippen LogP) is 2.65. The zero-order chi connectivity index (χ0) is 24.3. The van der Waals surface area contributed by atoms with Crippen molar-refractivity contribution in [3.63, 3.8) is 0 Å². The third-order valence-corrected chi connectivity index (χ3v) is 6.15.